The molecule has 1 heterocycles. The molecule has 0 aliphatic carbocycles. The molecule has 2 N–H and O–H groups in total. The molecule has 6 nitrogen and oxygen atoms in total. The molecule has 0 spiro atoms. The molecule has 0 saturated heterocycles. The average Bonchev–Trinajstić information content (AvgIpc) is 2.69. The van der Waals surface area contributed by atoms with Crippen molar-refractivity contribution in [3.63, 3.8) is 0 Å². The zero-order valence-corrected chi connectivity index (χ0v) is 14.6. The van der Waals surface area contributed by atoms with E-state index < -0.39 is 11.7 Å². The number of alkyl halides is 3. The number of amides is 1. The van der Waals surface area contributed by atoms with Gasteiger partial charge in [-0.05, 0) is 60.7 Å². The smallest absolute Gasteiger partial charge is 0.416 e. The van der Waals surface area contributed by atoms with E-state index >= 15 is 0 Å². The number of benzene rings is 2. The summed E-state index contributed by atoms with van der Waals surface area (Å²) in [4.78, 5) is 12.2. The van der Waals surface area contributed by atoms with Gasteiger partial charge in [0.25, 0.3) is 5.91 Å². The molecule has 0 unspecified atom stereocenters. The minimum atomic E-state index is -4.39. The Morgan fingerprint density at radius 3 is 2.04 bits per heavy atom. The van der Waals surface area contributed by atoms with Crippen LogP contribution in [0.4, 0.5) is 30.5 Å². The first-order chi connectivity index (χ1) is 13.3. The van der Waals surface area contributed by atoms with E-state index in [-0.39, 0.29) is 11.7 Å². The van der Waals surface area contributed by atoms with Crippen molar-refractivity contribution in [2.45, 2.75) is 6.18 Å². The second-order valence-corrected chi connectivity index (χ2v) is 5.69. The van der Waals surface area contributed by atoms with Crippen molar-refractivity contribution in [3.05, 3.63) is 71.8 Å². The van der Waals surface area contributed by atoms with Gasteiger partial charge in [-0.15, -0.1) is 10.2 Å². The summed E-state index contributed by atoms with van der Waals surface area (Å²) in [6.45, 7) is 0. The lowest BCUT2D eigenvalue weighted by atomic mass is 10.2. The second-order valence-electron chi connectivity index (χ2n) is 5.69. The summed E-state index contributed by atoms with van der Waals surface area (Å²) in [5.41, 5.74) is 0.118. The van der Waals surface area contributed by atoms with E-state index in [1.165, 1.54) is 25.3 Å². The van der Waals surface area contributed by atoms with Gasteiger partial charge in [0.05, 0.1) is 12.7 Å². The molecule has 0 bridgehead atoms. The lowest BCUT2D eigenvalue weighted by Gasteiger charge is -2.09. The maximum atomic E-state index is 12.6. The number of rotatable bonds is 5. The highest BCUT2D eigenvalue weighted by atomic mass is 19.4. The summed E-state index contributed by atoms with van der Waals surface area (Å²) in [5, 5.41) is 13.2. The maximum Gasteiger partial charge on any atom is 0.416 e. The van der Waals surface area contributed by atoms with Crippen LogP contribution in [0.5, 0.6) is 5.75 Å². The van der Waals surface area contributed by atoms with Crippen molar-refractivity contribution in [2.24, 2.45) is 0 Å². The van der Waals surface area contributed by atoms with Crippen molar-refractivity contribution in [1.29, 1.82) is 0 Å². The monoisotopic (exact) mass is 388 g/mol. The van der Waals surface area contributed by atoms with Crippen LogP contribution in [0.3, 0.4) is 0 Å². The molecule has 1 aromatic heterocycles. The molecule has 0 radical (unpaired) electrons. The fourth-order valence-electron chi connectivity index (χ4n) is 2.29. The Balaban J connectivity index is 1.62. The number of hydrogen-bond donors (Lipinski definition) is 2. The fourth-order valence-corrected chi connectivity index (χ4v) is 2.29. The predicted molar refractivity (Wildman–Crippen MR) is 97.7 cm³/mol. The van der Waals surface area contributed by atoms with Crippen LogP contribution in [0.1, 0.15) is 15.9 Å². The van der Waals surface area contributed by atoms with Gasteiger partial charge in [-0.3, -0.25) is 4.79 Å². The largest absolute Gasteiger partial charge is 0.497 e. The first-order valence-corrected chi connectivity index (χ1v) is 8.08. The number of nitrogens with zero attached hydrogens (tertiary/aromatic N) is 2. The van der Waals surface area contributed by atoms with Crippen molar-refractivity contribution in [2.75, 3.05) is 17.7 Å². The summed E-state index contributed by atoms with van der Waals surface area (Å²) in [7, 11) is 1.53. The van der Waals surface area contributed by atoms with E-state index in [2.05, 4.69) is 20.8 Å². The Kier molecular flexibility index (Phi) is 5.44. The number of hydrogen-bond acceptors (Lipinski definition) is 5. The van der Waals surface area contributed by atoms with Gasteiger partial charge < -0.3 is 15.4 Å². The van der Waals surface area contributed by atoms with Gasteiger partial charge in [0, 0.05) is 11.3 Å². The minimum Gasteiger partial charge on any atom is -0.497 e. The number of halogens is 3. The number of aromatic nitrogens is 2. The third-order valence-electron chi connectivity index (χ3n) is 3.74. The number of carbonyl (C=O) groups excluding carboxylic acids is 1. The van der Waals surface area contributed by atoms with Crippen molar-refractivity contribution >= 4 is 23.2 Å². The normalized spacial score (nSPS) is 11.0. The number of ether oxygens (including phenoxy) is 1. The van der Waals surface area contributed by atoms with Gasteiger partial charge >= 0.3 is 6.18 Å². The molecular weight excluding hydrogens is 373 g/mol. The number of methoxy groups -OCH3 is 1. The highest BCUT2D eigenvalue weighted by Crippen LogP contribution is 2.30. The molecule has 9 heteroatoms. The molecule has 1 amide bonds. The topological polar surface area (TPSA) is 76.1 Å². The van der Waals surface area contributed by atoms with E-state index in [0.717, 1.165) is 12.1 Å². The van der Waals surface area contributed by atoms with Crippen molar-refractivity contribution in [3.8, 4) is 5.75 Å². The highest BCUT2D eigenvalue weighted by molar-refractivity contribution is 6.03. The second kappa shape index (κ2) is 7.95. The van der Waals surface area contributed by atoms with Gasteiger partial charge in [-0.25, -0.2) is 0 Å². The molecule has 0 aliphatic rings. The van der Waals surface area contributed by atoms with Crippen LogP contribution < -0.4 is 15.4 Å². The molecule has 3 aromatic rings. The van der Waals surface area contributed by atoms with Gasteiger partial charge in [-0.2, -0.15) is 13.2 Å². The predicted octanol–water partition coefficient (Wildman–Crippen LogP) is 4.50. The molecule has 0 fully saturated rings. The standard InChI is InChI=1S/C19H15F3N4O2/c1-28-15-8-2-12(3-9-15)18(27)24-17-11-10-16(25-26-17)23-14-6-4-13(5-7-14)19(20,21)22/h2-11H,1H3,(H,23,25)(H,24,26,27). The van der Waals surface area contributed by atoms with Gasteiger partial charge in [0.1, 0.15) is 5.75 Å². The molecule has 2 aromatic carbocycles. The Morgan fingerprint density at radius 2 is 1.50 bits per heavy atom. The van der Waals surface area contributed by atoms with Crippen LogP contribution in [0.25, 0.3) is 0 Å². The summed E-state index contributed by atoms with van der Waals surface area (Å²) >= 11 is 0. The zero-order chi connectivity index (χ0) is 20.1. The highest BCUT2D eigenvalue weighted by Gasteiger charge is 2.29. The van der Waals surface area contributed by atoms with E-state index in [9.17, 15) is 18.0 Å². The van der Waals surface area contributed by atoms with E-state index in [1.54, 1.807) is 30.3 Å². The Bertz CT molecular complexity index is 941. The average molecular weight is 388 g/mol. The molecular formula is C19H15F3N4O2. The van der Waals surface area contributed by atoms with Crippen molar-refractivity contribution in [1.82, 2.24) is 10.2 Å². The third-order valence-corrected chi connectivity index (χ3v) is 3.74. The van der Waals surface area contributed by atoms with E-state index in [0.29, 0.717) is 22.8 Å². The Morgan fingerprint density at radius 1 is 0.893 bits per heavy atom. The van der Waals surface area contributed by atoms with Crippen LogP contribution in [0.2, 0.25) is 0 Å². The van der Waals surface area contributed by atoms with Crippen molar-refractivity contribution < 1.29 is 22.7 Å². The quantitative estimate of drug-likeness (QED) is 0.673. The molecule has 0 aliphatic heterocycles. The van der Waals surface area contributed by atoms with Gasteiger partial charge in [0.2, 0.25) is 0 Å². The summed E-state index contributed by atoms with van der Waals surface area (Å²) in [5.74, 6) is 0.830. The zero-order valence-electron chi connectivity index (χ0n) is 14.6. The van der Waals surface area contributed by atoms with Crippen LogP contribution >= 0.6 is 0 Å². The summed E-state index contributed by atoms with van der Waals surface area (Å²) in [6.07, 6.45) is -4.39. The molecule has 0 saturated carbocycles. The number of nitrogens with one attached hydrogen (secondary N) is 2. The number of anilines is 3. The molecule has 0 atom stereocenters. The SMILES string of the molecule is COc1ccc(C(=O)Nc2ccc(Nc3ccc(C(F)(F)F)cc3)nn2)cc1. The first-order valence-electron chi connectivity index (χ1n) is 8.08. The van der Waals surface area contributed by atoms with Crippen LogP contribution in [0, 0.1) is 0 Å². The first kappa shape index (κ1) is 19.2. The van der Waals surface area contributed by atoms with Gasteiger partial charge in [0.15, 0.2) is 11.6 Å². The van der Waals surface area contributed by atoms with Gasteiger partial charge in [-0.1, -0.05) is 0 Å². The molecule has 144 valence electrons. The van der Waals surface area contributed by atoms with Crippen LogP contribution in [0.15, 0.2) is 60.7 Å². The minimum absolute atomic E-state index is 0.235. The maximum absolute atomic E-state index is 12.6. The van der Waals surface area contributed by atoms with E-state index in [4.69, 9.17) is 4.74 Å². The Hall–Kier alpha value is -3.62. The lowest BCUT2D eigenvalue weighted by molar-refractivity contribution is -0.137. The Labute approximate surface area is 158 Å². The number of carbonyl (C=O) groups is 1. The summed E-state index contributed by atoms with van der Waals surface area (Å²) in [6, 6.07) is 14.2. The molecule has 28 heavy (non-hydrogen) atoms. The lowest BCUT2D eigenvalue weighted by Crippen LogP contribution is -2.13. The third kappa shape index (κ3) is 4.76. The van der Waals surface area contributed by atoms with Crippen LogP contribution in [-0.4, -0.2) is 23.2 Å². The van der Waals surface area contributed by atoms with E-state index in [1.807, 2.05) is 0 Å². The van der Waals surface area contributed by atoms with Crippen LogP contribution in [-0.2, 0) is 6.18 Å². The summed E-state index contributed by atoms with van der Waals surface area (Å²) < 4.78 is 42.8. The fraction of sp³-hybridized carbons (Fsp3) is 0.105. The molecule has 3 rings (SSSR count).